The third-order valence-corrected chi connectivity index (χ3v) is 7.27. The predicted octanol–water partition coefficient (Wildman–Crippen LogP) is 5.43. The van der Waals surface area contributed by atoms with Crippen LogP contribution in [0.25, 0.3) is 0 Å². The van der Waals surface area contributed by atoms with E-state index < -0.39 is 0 Å². The summed E-state index contributed by atoms with van der Waals surface area (Å²) in [5.41, 5.74) is 3.83. The van der Waals surface area contributed by atoms with Crippen LogP contribution in [0, 0.1) is 29.1 Å². The average Bonchev–Trinajstić information content (AvgIpc) is 2.80. The van der Waals surface area contributed by atoms with E-state index in [-0.39, 0.29) is 0 Å². The van der Waals surface area contributed by atoms with Crippen molar-refractivity contribution in [1.82, 2.24) is 0 Å². The highest BCUT2D eigenvalue weighted by Crippen LogP contribution is 2.63. The Morgan fingerprint density at radius 1 is 1.23 bits per heavy atom. The number of hydrogen-bond donors (Lipinski definition) is 0. The van der Waals surface area contributed by atoms with Crippen LogP contribution in [0.1, 0.15) is 63.5 Å². The van der Waals surface area contributed by atoms with Crippen molar-refractivity contribution in [3.8, 4) is 5.75 Å². The molecule has 1 heteroatoms. The van der Waals surface area contributed by atoms with Gasteiger partial charge in [0.15, 0.2) is 0 Å². The molecule has 0 unspecified atom stereocenters. The second-order valence-electron chi connectivity index (χ2n) is 8.77. The third kappa shape index (κ3) is 2.04. The van der Waals surface area contributed by atoms with Crippen LogP contribution in [-0.2, 0) is 6.42 Å². The van der Waals surface area contributed by atoms with E-state index in [9.17, 15) is 0 Å². The summed E-state index contributed by atoms with van der Waals surface area (Å²) < 4.78 is 5.45. The molecule has 2 fully saturated rings. The summed E-state index contributed by atoms with van der Waals surface area (Å²) >= 11 is 0. The lowest BCUT2D eigenvalue weighted by atomic mass is 9.53. The molecule has 1 aromatic carbocycles. The maximum Gasteiger partial charge on any atom is 0.119 e. The molecule has 1 nitrogen and oxygen atoms in total. The standard InChI is InChI=1S/C21H30O/c1-13-9-19-20-14(2)10-15-11-16(22-4)5-6-17(15)18(20)7-8-21(19,3)12-13/h5-6,11,13-14,18-20H,7-10,12H2,1-4H3/t13-,14+,18+,19+,20+,21+/m0/s1. The van der Waals surface area contributed by atoms with Crippen LogP contribution in [0.2, 0.25) is 0 Å². The van der Waals surface area contributed by atoms with Crippen molar-refractivity contribution in [2.75, 3.05) is 7.11 Å². The molecule has 3 aliphatic rings. The van der Waals surface area contributed by atoms with Crippen LogP contribution < -0.4 is 4.74 Å². The molecule has 1 aromatic rings. The Labute approximate surface area is 135 Å². The quantitative estimate of drug-likeness (QED) is 0.671. The molecule has 0 bridgehead atoms. The van der Waals surface area contributed by atoms with Crippen molar-refractivity contribution < 1.29 is 4.74 Å². The molecule has 2 saturated carbocycles. The van der Waals surface area contributed by atoms with E-state index >= 15 is 0 Å². The highest BCUT2D eigenvalue weighted by molar-refractivity contribution is 5.41. The van der Waals surface area contributed by atoms with Gasteiger partial charge in [-0.3, -0.25) is 0 Å². The molecular weight excluding hydrogens is 268 g/mol. The summed E-state index contributed by atoms with van der Waals surface area (Å²) in [6, 6.07) is 6.85. The van der Waals surface area contributed by atoms with Gasteiger partial charge in [-0.1, -0.05) is 26.8 Å². The van der Waals surface area contributed by atoms with Crippen LogP contribution in [0.15, 0.2) is 18.2 Å². The predicted molar refractivity (Wildman–Crippen MR) is 91.3 cm³/mol. The van der Waals surface area contributed by atoms with Gasteiger partial charge in [0.1, 0.15) is 5.75 Å². The molecule has 0 aromatic heterocycles. The summed E-state index contributed by atoms with van der Waals surface area (Å²) in [4.78, 5) is 0. The smallest absolute Gasteiger partial charge is 0.119 e. The van der Waals surface area contributed by atoms with Gasteiger partial charge >= 0.3 is 0 Å². The highest BCUT2D eigenvalue weighted by Gasteiger charge is 2.53. The van der Waals surface area contributed by atoms with Gasteiger partial charge in [-0.05, 0) is 90.4 Å². The minimum atomic E-state index is 0.624. The Bertz CT molecular complexity index is 577. The third-order valence-electron chi connectivity index (χ3n) is 7.27. The van der Waals surface area contributed by atoms with Gasteiger partial charge in [0, 0.05) is 0 Å². The molecule has 120 valence electrons. The van der Waals surface area contributed by atoms with Crippen molar-refractivity contribution in [2.24, 2.45) is 29.1 Å². The number of ether oxygens (including phenoxy) is 1. The highest BCUT2D eigenvalue weighted by atomic mass is 16.5. The lowest BCUT2D eigenvalue weighted by Crippen LogP contribution is -2.43. The molecule has 3 aliphatic carbocycles. The summed E-state index contributed by atoms with van der Waals surface area (Å²) in [7, 11) is 1.78. The molecule has 0 radical (unpaired) electrons. The fourth-order valence-corrected chi connectivity index (χ4v) is 6.50. The average molecular weight is 298 g/mol. The first-order chi connectivity index (χ1) is 10.5. The topological polar surface area (TPSA) is 9.23 Å². The van der Waals surface area contributed by atoms with Crippen molar-refractivity contribution >= 4 is 0 Å². The summed E-state index contributed by atoms with van der Waals surface area (Å²) in [6.45, 7) is 7.58. The van der Waals surface area contributed by atoms with Crippen molar-refractivity contribution in [3.05, 3.63) is 29.3 Å². The van der Waals surface area contributed by atoms with E-state index in [4.69, 9.17) is 4.74 Å². The van der Waals surface area contributed by atoms with Gasteiger partial charge in [-0.25, -0.2) is 0 Å². The Morgan fingerprint density at radius 3 is 2.82 bits per heavy atom. The Hall–Kier alpha value is -0.980. The Balaban J connectivity index is 1.73. The minimum Gasteiger partial charge on any atom is -0.497 e. The van der Waals surface area contributed by atoms with Crippen molar-refractivity contribution in [2.45, 2.75) is 58.8 Å². The Kier molecular flexibility index (Phi) is 3.33. The number of fused-ring (bicyclic) bond motifs is 5. The van der Waals surface area contributed by atoms with Crippen molar-refractivity contribution in [3.63, 3.8) is 0 Å². The van der Waals surface area contributed by atoms with E-state index in [0.29, 0.717) is 5.41 Å². The van der Waals surface area contributed by atoms with Crippen LogP contribution >= 0.6 is 0 Å². The zero-order valence-corrected chi connectivity index (χ0v) is 14.6. The first kappa shape index (κ1) is 14.6. The van der Waals surface area contributed by atoms with Crippen LogP contribution in [0.4, 0.5) is 0 Å². The zero-order valence-electron chi connectivity index (χ0n) is 14.6. The number of benzene rings is 1. The second kappa shape index (κ2) is 5.01. The number of rotatable bonds is 1. The van der Waals surface area contributed by atoms with Gasteiger partial charge in [0.2, 0.25) is 0 Å². The lowest BCUT2D eigenvalue weighted by Gasteiger charge is -2.51. The summed E-state index contributed by atoms with van der Waals surface area (Å²) in [5, 5.41) is 0. The fraction of sp³-hybridized carbons (Fsp3) is 0.714. The van der Waals surface area contributed by atoms with Gasteiger partial charge < -0.3 is 4.74 Å². The van der Waals surface area contributed by atoms with Crippen LogP contribution in [0.5, 0.6) is 5.75 Å². The van der Waals surface area contributed by atoms with Crippen LogP contribution in [-0.4, -0.2) is 7.11 Å². The summed E-state index contributed by atoms with van der Waals surface area (Å²) in [6.07, 6.45) is 7.00. The van der Waals surface area contributed by atoms with E-state index in [1.54, 1.807) is 18.2 Å². The number of methoxy groups -OCH3 is 1. The Morgan fingerprint density at radius 2 is 2.05 bits per heavy atom. The molecule has 0 saturated heterocycles. The van der Waals surface area contributed by atoms with Gasteiger partial charge in [0.25, 0.3) is 0 Å². The van der Waals surface area contributed by atoms with Gasteiger partial charge in [-0.15, -0.1) is 0 Å². The van der Waals surface area contributed by atoms with Gasteiger partial charge in [-0.2, -0.15) is 0 Å². The van der Waals surface area contributed by atoms with E-state index in [1.165, 1.54) is 32.1 Å². The fourth-order valence-electron chi connectivity index (χ4n) is 6.50. The SMILES string of the molecule is COc1ccc2c(c1)C[C@@H](C)[C@@H]1[C@@H]2CC[C@]2(C)C[C@@H](C)C[C@H]12. The molecule has 4 rings (SSSR count). The molecule has 6 atom stereocenters. The normalized spacial score (nSPS) is 43.2. The molecule has 0 heterocycles. The monoisotopic (exact) mass is 298 g/mol. The molecular formula is C21H30O. The molecule has 22 heavy (non-hydrogen) atoms. The number of hydrogen-bond acceptors (Lipinski definition) is 1. The first-order valence-electron chi connectivity index (χ1n) is 9.18. The van der Waals surface area contributed by atoms with Crippen LogP contribution in [0.3, 0.4) is 0 Å². The zero-order chi connectivity index (χ0) is 15.5. The van der Waals surface area contributed by atoms with Crippen molar-refractivity contribution in [1.29, 1.82) is 0 Å². The lowest BCUT2D eigenvalue weighted by molar-refractivity contribution is 0.0314. The minimum absolute atomic E-state index is 0.624. The summed E-state index contributed by atoms with van der Waals surface area (Å²) in [5.74, 6) is 5.43. The largest absolute Gasteiger partial charge is 0.497 e. The van der Waals surface area contributed by atoms with E-state index in [2.05, 4.69) is 39.0 Å². The van der Waals surface area contributed by atoms with E-state index in [1.807, 2.05) is 0 Å². The van der Waals surface area contributed by atoms with Gasteiger partial charge in [0.05, 0.1) is 7.11 Å². The molecule has 0 aliphatic heterocycles. The molecule has 0 N–H and O–H groups in total. The maximum absolute atomic E-state index is 5.45. The maximum atomic E-state index is 5.45. The van der Waals surface area contributed by atoms with E-state index in [0.717, 1.165) is 35.3 Å². The molecule has 0 amide bonds. The second-order valence-corrected chi connectivity index (χ2v) is 8.77. The molecule has 0 spiro atoms. The first-order valence-corrected chi connectivity index (χ1v) is 9.18.